The summed E-state index contributed by atoms with van der Waals surface area (Å²) in [6, 6.07) is 8.25. The lowest BCUT2D eigenvalue weighted by Gasteiger charge is -2.09. The molecule has 2 atom stereocenters. The molecular weight excluding hydrogens is 312 g/mol. The number of aryl methyl sites for hydroxylation is 1. The number of pyridine rings is 1. The summed E-state index contributed by atoms with van der Waals surface area (Å²) in [6.07, 6.45) is 0.740. The Balaban J connectivity index is 1.90. The molecule has 0 amide bonds. The van der Waals surface area contributed by atoms with Crippen LogP contribution in [0.5, 0.6) is 0 Å². The zero-order chi connectivity index (χ0) is 17.0. The van der Waals surface area contributed by atoms with Gasteiger partial charge < -0.3 is 5.73 Å². The zero-order valence-corrected chi connectivity index (χ0v) is 13.0. The number of imidazole rings is 1. The molecule has 1 fully saturated rings. The van der Waals surface area contributed by atoms with Gasteiger partial charge in [-0.05, 0) is 37.1 Å². The standard InChI is InChI=1S/C18H15F2N3O/c1-9-3-2-4-12(19)15(9)10-5-6-14-22-18(21)16(23(14)8-10)17(24)11-7-13(11)20/h2-6,8,11,13H,7,21H2,1H3/t11-,13-/m0/s1. The molecule has 4 nitrogen and oxygen atoms in total. The molecule has 0 saturated heterocycles. The summed E-state index contributed by atoms with van der Waals surface area (Å²) in [5.41, 5.74) is 8.36. The van der Waals surface area contributed by atoms with Crippen LogP contribution in [0.3, 0.4) is 0 Å². The van der Waals surface area contributed by atoms with Crippen LogP contribution in [-0.4, -0.2) is 21.3 Å². The molecule has 122 valence electrons. The molecule has 4 rings (SSSR count). The summed E-state index contributed by atoms with van der Waals surface area (Å²) < 4.78 is 29.0. The minimum Gasteiger partial charge on any atom is -0.382 e. The van der Waals surface area contributed by atoms with Crippen molar-refractivity contribution in [2.24, 2.45) is 5.92 Å². The number of alkyl halides is 1. The van der Waals surface area contributed by atoms with Gasteiger partial charge >= 0.3 is 0 Å². The number of carbonyl (C=O) groups is 1. The van der Waals surface area contributed by atoms with Gasteiger partial charge in [-0.2, -0.15) is 0 Å². The van der Waals surface area contributed by atoms with Gasteiger partial charge in [-0.1, -0.05) is 12.1 Å². The predicted molar refractivity (Wildman–Crippen MR) is 87.1 cm³/mol. The van der Waals surface area contributed by atoms with E-state index in [1.54, 1.807) is 24.4 Å². The number of nitrogens with two attached hydrogens (primary N) is 1. The molecule has 0 aliphatic heterocycles. The first-order chi connectivity index (χ1) is 11.5. The lowest BCUT2D eigenvalue weighted by Crippen LogP contribution is -2.10. The molecule has 6 heteroatoms. The van der Waals surface area contributed by atoms with E-state index >= 15 is 0 Å². The van der Waals surface area contributed by atoms with E-state index in [2.05, 4.69) is 4.98 Å². The van der Waals surface area contributed by atoms with E-state index in [-0.39, 0.29) is 29.5 Å². The van der Waals surface area contributed by atoms with E-state index in [4.69, 9.17) is 5.73 Å². The molecule has 0 radical (unpaired) electrons. The van der Waals surface area contributed by atoms with Gasteiger partial charge in [0.1, 0.15) is 23.3 Å². The maximum atomic E-state index is 14.2. The number of benzene rings is 1. The third-order valence-electron chi connectivity index (χ3n) is 4.44. The number of halogens is 2. The molecule has 2 N–H and O–H groups in total. The Labute approximate surface area is 136 Å². The second-order valence-electron chi connectivity index (χ2n) is 6.15. The number of nitrogens with zero attached hydrogens (tertiary/aromatic N) is 2. The summed E-state index contributed by atoms with van der Waals surface area (Å²) in [5, 5.41) is 0. The molecule has 1 aliphatic carbocycles. The number of rotatable bonds is 3. The van der Waals surface area contributed by atoms with Gasteiger partial charge in [-0.3, -0.25) is 9.20 Å². The minimum atomic E-state index is -1.11. The Hall–Kier alpha value is -2.76. The molecule has 0 bridgehead atoms. The molecular formula is C18H15F2N3O. The van der Waals surface area contributed by atoms with Gasteiger partial charge in [0.2, 0.25) is 0 Å². The van der Waals surface area contributed by atoms with Crippen LogP contribution in [0.1, 0.15) is 22.5 Å². The van der Waals surface area contributed by atoms with Crippen molar-refractivity contribution >= 4 is 17.2 Å². The molecule has 24 heavy (non-hydrogen) atoms. The number of nitrogen functional groups attached to an aromatic ring is 1. The fraction of sp³-hybridized carbons (Fsp3) is 0.222. The van der Waals surface area contributed by atoms with Crippen LogP contribution in [0.15, 0.2) is 36.5 Å². The SMILES string of the molecule is Cc1cccc(F)c1-c1ccc2nc(N)c(C(=O)[C@H]3C[C@@H]3F)n2c1. The number of hydrogen-bond acceptors (Lipinski definition) is 3. The maximum absolute atomic E-state index is 14.2. The first-order valence-corrected chi connectivity index (χ1v) is 7.68. The number of ketones is 1. The van der Waals surface area contributed by atoms with Crippen molar-refractivity contribution in [2.75, 3.05) is 5.73 Å². The van der Waals surface area contributed by atoms with Gasteiger partial charge in [-0.25, -0.2) is 13.8 Å². The number of hydrogen-bond donors (Lipinski definition) is 1. The second kappa shape index (κ2) is 5.12. The predicted octanol–water partition coefficient (Wildman–Crippen LogP) is 3.57. The summed E-state index contributed by atoms with van der Waals surface area (Å²) in [6.45, 7) is 1.81. The normalized spacial score (nSPS) is 19.6. The molecule has 1 saturated carbocycles. The van der Waals surface area contributed by atoms with Gasteiger partial charge in [0.15, 0.2) is 11.6 Å². The molecule has 3 aromatic rings. The van der Waals surface area contributed by atoms with Crippen LogP contribution in [-0.2, 0) is 0 Å². The van der Waals surface area contributed by atoms with Crippen LogP contribution in [0, 0.1) is 18.7 Å². The Kier molecular flexibility index (Phi) is 3.16. The monoisotopic (exact) mass is 327 g/mol. The fourth-order valence-corrected chi connectivity index (χ4v) is 3.06. The molecule has 1 aromatic carbocycles. The number of carbonyl (C=O) groups excluding carboxylic acids is 1. The van der Waals surface area contributed by atoms with Crippen LogP contribution in [0.4, 0.5) is 14.6 Å². The number of anilines is 1. The van der Waals surface area contributed by atoms with E-state index in [0.29, 0.717) is 16.8 Å². The zero-order valence-electron chi connectivity index (χ0n) is 13.0. The van der Waals surface area contributed by atoms with E-state index < -0.39 is 12.1 Å². The molecule has 0 spiro atoms. The molecule has 2 heterocycles. The Morgan fingerprint density at radius 1 is 1.33 bits per heavy atom. The Morgan fingerprint density at radius 2 is 2.08 bits per heavy atom. The third kappa shape index (κ3) is 2.18. The Morgan fingerprint density at radius 3 is 2.75 bits per heavy atom. The highest BCUT2D eigenvalue weighted by molar-refractivity contribution is 6.03. The highest BCUT2D eigenvalue weighted by atomic mass is 19.1. The summed E-state index contributed by atoms with van der Waals surface area (Å²) >= 11 is 0. The average Bonchev–Trinajstić information content (AvgIpc) is 3.16. The third-order valence-corrected chi connectivity index (χ3v) is 4.44. The van der Waals surface area contributed by atoms with Crippen molar-refractivity contribution < 1.29 is 13.6 Å². The minimum absolute atomic E-state index is 0.0708. The summed E-state index contributed by atoms with van der Waals surface area (Å²) in [4.78, 5) is 16.6. The molecule has 0 unspecified atom stereocenters. The fourth-order valence-electron chi connectivity index (χ4n) is 3.06. The maximum Gasteiger partial charge on any atom is 0.189 e. The summed E-state index contributed by atoms with van der Waals surface area (Å²) in [5.74, 6) is -1.27. The van der Waals surface area contributed by atoms with Gasteiger partial charge in [0.25, 0.3) is 0 Å². The van der Waals surface area contributed by atoms with Crippen molar-refractivity contribution in [1.29, 1.82) is 0 Å². The van der Waals surface area contributed by atoms with E-state index in [1.807, 2.05) is 13.0 Å². The Bertz CT molecular complexity index is 960. The van der Waals surface area contributed by atoms with Crippen molar-refractivity contribution in [1.82, 2.24) is 9.38 Å². The van der Waals surface area contributed by atoms with Crippen molar-refractivity contribution in [2.45, 2.75) is 19.5 Å². The second-order valence-corrected chi connectivity index (χ2v) is 6.15. The topological polar surface area (TPSA) is 60.4 Å². The number of aromatic nitrogens is 2. The molecule has 2 aromatic heterocycles. The van der Waals surface area contributed by atoms with Crippen molar-refractivity contribution in [3.05, 3.63) is 53.6 Å². The van der Waals surface area contributed by atoms with Crippen LogP contribution >= 0.6 is 0 Å². The van der Waals surface area contributed by atoms with Gasteiger partial charge in [0.05, 0.1) is 5.92 Å². The van der Waals surface area contributed by atoms with Crippen molar-refractivity contribution in [3.8, 4) is 11.1 Å². The van der Waals surface area contributed by atoms with E-state index in [1.165, 1.54) is 10.5 Å². The first-order valence-electron chi connectivity index (χ1n) is 7.68. The van der Waals surface area contributed by atoms with Crippen LogP contribution in [0.25, 0.3) is 16.8 Å². The highest BCUT2D eigenvalue weighted by Gasteiger charge is 2.45. The lowest BCUT2D eigenvalue weighted by molar-refractivity contribution is 0.0952. The van der Waals surface area contributed by atoms with Crippen molar-refractivity contribution in [3.63, 3.8) is 0 Å². The quantitative estimate of drug-likeness (QED) is 0.748. The van der Waals surface area contributed by atoms with E-state index in [9.17, 15) is 13.6 Å². The number of fused-ring (bicyclic) bond motifs is 1. The first kappa shape index (κ1) is 14.8. The highest BCUT2D eigenvalue weighted by Crippen LogP contribution is 2.38. The van der Waals surface area contributed by atoms with Gasteiger partial charge in [0, 0.05) is 17.3 Å². The molecule has 1 aliphatic rings. The van der Waals surface area contributed by atoms with E-state index in [0.717, 1.165) is 5.56 Å². The average molecular weight is 327 g/mol. The van der Waals surface area contributed by atoms with Gasteiger partial charge in [-0.15, -0.1) is 0 Å². The summed E-state index contributed by atoms with van der Waals surface area (Å²) in [7, 11) is 0. The lowest BCUT2D eigenvalue weighted by atomic mass is 10.0. The largest absolute Gasteiger partial charge is 0.382 e. The number of Topliss-reactive ketones (excluding diaryl/α,β-unsaturated/α-hetero) is 1. The smallest absolute Gasteiger partial charge is 0.189 e. The van der Waals surface area contributed by atoms with Crippen LogP contribution in [0.2, 0.25) is 0 Å². The van der Waals surface area contributed by atoms with Crippen LogP contribution < -0.4 is 5.73 Å².